The first kappa shape index (κ1) is 13.6. The molecule has 0 fully saturated rings. The number of pyridine rings is 1. The van der Waals surface area contributed by atoms with Gasteiger partial charge in [-0.25, -0.2) is 4.39 Å². The molecule has 0 aliphatic carbocycles. The maximum Gasteiger partial charge on any atom is 0.129 e. The zero-order valence-corrected chi connectivity index (χ0v) is 11.5. The van der Waals surface area contributed by atoms with E-state index in [0.29, 0.717) is 22.0 Å². The average Bonchev–Trinajstić information content (AvgIpc) is 2.32. The molecule has 1 aromatic carbocycles. The Morgan fingerprint density at radius 1 is 1.17 bits per heavy atom. The van der Waals surface area contributed by atoms with Gasteiger partial charge in [0.25, 0.3) is 0 Å². The van der Waals surface area contributed by atoms with Crippen LogP contribution in [0.15, 0.2) is 36.7 Å². The summed E-state index contributed by atoms with van der Waals surface area (Å²) in [6.07, 6.45) is 3.54. The van der Waals surface area contributed by atoms with Gasteiger partial charge in [-0.05, 0) is 30.2 Å². The summed E-state index contributed by atoms with van der Waals surface area (Å²) < 4.78 is 13.7. The zero-order chi connectivity index (χ0) is 13.1. The second-order valence-corrected chi connectivity index (χ2v) is 5.12. The number of aromatic nitrogens is 1. The molecule has 0 saturated heterocycles. The van der Waals surface area contributed by atoms with Gasteiger partial charge in [-0.3, -0.25) is 4.98 Å². The molecule has 0 spiro atoms. The van der Waals surface area contributed by atoms with Gasteiger partial charge in [-0.15, -0.1) is 11.6 Å². The van der Waals surface area contributed by atoms with Crippen molar-refractivity contribution in [2.45, 2.75) is 11.8 Å². The molecule has 1 heterocycles. The first-order valence-corrected chi connectivity index (χ1v) is 6.45. The third-order valence-electron chi connectivity index (χ3n) is 2.57. The van der Waals surface area contributed by atoms with Gasteiger partial charge < -0.3 is 0 Å². The van der Waals surface area contributed by atoms with Gasteiger partial charge in [0.15, 0.2) is 0 Å². The Labute approximate surface area is 120 Å². The van der Waals surface area contributed by atoms with Gasteiger partial charge in [0.1, 0.15) is 5.82 Å². The van der Waals surface area contributed by atoms with E-state index < -0.39 is 11.2 Å². The normalized spacial score (nSPS) is 12.4. The molecule has 5 heteroatoms. The van der Waals surface area contributed by atoms with Crippen molar-refractivity contribution in [3.63, 3.8) is 0 Å². The van der Waals surface area contributed by atoms with E-state index >= 15 is 0 Å². The topological polar surface area (TPSA) is 12.9 Å². The van der Waals surface area contributed by atoms with Crippen molar-refractivity contribution in [2.24, 2.45) is 0 Å². The summed E-state index contributed by atoms with van der Waals surface area (Å²) in [5.74, 6) is -0.410. The second-order valence-electron chi connectivity index (χ2n) is 3.77. The van der Waals surface area contributed by atoms with Crippen LogP contribution in [0.5, 0.6) is 0 Å². The Kier molecular flexibility index (Phi) is 4.44. The number of hydrogen-bond donors (Lipinski definition) is 0. The highest BCUT2D eigenvalue weighted by atomic mass is 35.5. The fraction of sp³-hybridized carbons (Fsp3) is 0.154. The van der Waals surface area contributed by atoms with Crippen molar-refractivity contribution < 1.29 is 4.39 Å². The predicted molar refractivity (Wildman–Crippen MR) is 73.0 cm³/mol. The lowest BCUT2D eigenvalue weighted by atomic mass is 10.0. The van der Waals surface area contributed by atoms with Crippen molar-refractivity contribution in [3.8, 4) is 0 Å². The predicted octanol–water partition coefficient (Wildman–Crippen LogP) is 5.05. The van der Waals surface area contributed by atoms with Crippen molar-refractivity contribution in [2.75, 3.05) is 0 Å². The summed E-state index contributed by atoms with van der Waals surface area (Å²) in [6.45, 7) is 0. The molecule has 0 aliphatic rings. The van der Waals surface area contributed by atoms with Crippen molar-refractivity contribution >= 4 is 34.8 Å². The van der Waals surface area contributed by atoms with Crippen LogP contribution in [-0.4, -0.2) is 4.98 Å². The minimum atomic E-state index is -0.571. The molecular formula is C13H9Cl3FN. The largest absolute Gasteiger partial charge is 0.263 e. The zero-order valence-electron chi connectivity index (χ0n) is 9.21. The van der Waals surface area contributed by atoms with E-state index in [0.717, 1.165) is 5.56 Å². The van der Waals surface area contributed by atoms with Gasteiger partial charge in [-0.1, -0.05) is 29.3 Å². The molecule has 2 rings (SSSR count). The Bertz CT molecular complexity index is 539. The van der Waals surface area contributed by atoms with E-state index in [2.05, 4.69) is 4.98 Å². The number of alkyl halides is 1. The molecule has 0 saturated carbocycles. The van der Waals surface area contributed by atoms with Crippen molar-refractivity contribution in [1.82, 2.24) is 4.98 Å². The van der Waals surface area contributed by atoms with E-state index in [1.807, 2.05) is 0 Å². The summed E-state index contributed by atoms with van der Waals surface area (Å²) in [5, 5.41) is 0.259. The van der Waals surface area contributed by atoms with Crippen LogP contribution in [0.25, 0.3) is 0 Å². The molecule has 1 aromatic heterocycles. The minimum Gasteiger partial charge on any atom is -0.263 e. The molecule has 0 aliphatic heterocycles. The van der Waals surface area contributed by atoms with Crippen molar-refractivity contribution in [3.05, 3.63) is 63.6 Å². The first-order valence-electron chi connectivity index (χ1n) is 5.26. The van der Waals surface area contributed by atoms with E-state index in [1.165, 1.54) is 12.3 Å². The molecule has 0 N–H and O–H groups in total. The lowest BCUT2D eigenvalue weighted by Gasteiger charge is -2.13. The molecule has 1 nitrogen and oxygen atoms in total. The summed E-state index contributed by atoms with van der Waals surface area (Å²) in [6, 6.07) is 6.25. The number of nitrogens with zero attached hydrogens (tertiary/aromatic N) is 1. The summed E-state index contributed by atoms with van der Waals surface area (Å²) in [7, 11) is 0. The van der Waals surface area contributed by atoms with Gasteiger partial charge in [0.05, 0.1) is 10.4 Å². The van der Waals surface area contributed by atoms with Crippen LogP contribution in [-0.2, 0) is 6.42 Å². The highest BCUT2D eigenvalue weighted by Gasteiger charge is 2.18. The molecule has 1 atom stereocenters. The molecule has 1 unspecified atom stereocenters. The molecule has 2 aromatic rings. The van der Waals surface area contributed by atoms with Gasteiger partial charge in [0, 0.05) is 23.0 Å². The minimum absolute atomic E-state index is 0.300. The molecule has 0 radical (unpaired) electrons. The van der Waals surface area contributed by atoms with Gasteiger partial charge >= 0.3 is 0 Å². The molecule has 0 bridgehead atoms. The lowest BCUT2D eigenvalue weighted by Crippen LogP contribution is -2.01. The Morgan fingerprint density at radius 3 is 2.61 bits per heavy atom. The highest BCUT2D eigenvalue weighted by molar-refractivity contribution is 6.33. The fourth-order valence-electron chi connectivity index (χ4n) is 1.67. The first-order chi connectivity index (χ1) is 8.59. The number of benzene rings is 1. The monoisotopic (exact) mass is 303 g/mol. The van der Waals surface area contributed by atoms with Crippen molar-refractivity contribution in [1.29, 1.82) is 0 Å². The highest BCUT2D eigenvalue weighted by Crippen LogP contribution is 2.33. The molecule has 94 valence electrons. The van der Waals surface area contributed by atoms with E-state index in [4.69, 9.17) is 34.8 Å². The fourth-order valence-corrected chi connectivity index (χ4v) is 2.61. The second kappa shape index (κ2) is 5.87. The lowest BCUT2D eigenvalue weighted by molar-refractivity contribution is 0.606. The molecular weight excluding hydrogens is 296 g/mol. The van der Waals surface area contributed by atoms with E-state index in [1.54, 1.807) is 24.4 Å². The quantitative estimate of drug-likeness (QED) is 0.723. The van der Waals surface area contributed by atoms with Crippen LogP contribution >= 0.6 is 34.8 Å². The summed E-state index contributed by atoms with van der Waals surface area (Å²) in [4.78, 5) is 3.88. The number of halogens is 4. The molecule has 18 heavy (non-hydrogen) atoms. The van der Waals surface area contributed by atoms with Gasteiger partial charge in [-0.2, -0.15) is 0 Å². The maximum atomic E-state index is 13.7. The van der Waals surface area contributed by atoms with Crippen LogP contribution in [0, 0.1) is 5.82 Å². The van der Waals surface area contributed by atoms with E-state index in [9.17, 15) is 4.39 Å². The van der Waals surface area contributed by atoms with E-state index in [-0.39, 0.29) is 0 Å². The van der Waals surface area contributed by atoms with Crippen LogP contribution in [0.1, 0.15) is 16.5 Å². The number of hydrogen-bond acceptors (Lipinski definition) is 1. The summed E-state index contributed by atoms with van der Waals surface area (Å²) >= 11 is 18.2. The standard InChI is InChI=1S/C13H9Cl3FN/c14-9-2-1-3-12(17)13(9)10(15)6-8-4-5-18-7-11(8)16/h1-5,7,10H,6H2. The van der Waals surface area contributed by atoms with Crippen LogP contribution < -0.4 is 0 Å². The smallest absolute Gasteiger partial charge is 0.129 e. The van der Waals surface area contributed by atoms with Crippen LogP contribution in [0.2, 0.25) is 10.0 Å². The maximum absolute atomic E-state index is 13.7. The third-order valence-corrected chi connectivity index (χ3v) is 3.61. The third kappa shape index (κ3) is 2.94. The Morgan fingerprint density at radius 2 is 1.94 bits per heavy atom. The number of rotatable bonds is 3. The molecule has 0 amide bonds. The van der Waals surface area contributed by atoms with Crippen LogP contribution in [0.4, 0.5) is 4.39 Å². The van der Waals surface area contributed by atoms with Gasteiger partial charge in [0.2, 0.25) is 0 Å². The SMILES string of the molecule is Fc1cccc(Cl)c1C(Cl)Cc1ccncc1Cl. The average molecular weight is 305 g/mol. The summed E-state index contributed by atoms with van der Waals surface area (Å²) in [5.41, 5.74) is 1.11. The van der Waals surface area contributed by atoms with Crippen LogP contribution in [0.3, 0.4) is 0 Å². The Hall–Kier alpha value is -0.830. The Balaban J connectivity index is 2.28.